The topological polar surface area (TPSA) is 119 Å². The number of carbonyl (C=O) groups excluding carboxylic acids is 1. The van der Waals surface area contributed by atoms with Crippen LogP contribution in [0.15, 0.2) is 11.1 Å². The summed E-state index contributed by atoms with van der Waals surface area (Å²) in [6, 6.07) is -0.550. The Hall–Kier alpha value is -1.61. The van der Waals surface area contributed by atoms with Crippen LogP contribution in [0.2, 0.25) is 0 Å². The van der Waals surface area contributed by atoms with Gasteiger partial charge in [-0.2, -0.15) is 5.10 Å². The number of urea groups is 1. The summed E-state index contributed by atoms with van der Waals surface area (Å²) in [7, 11) is -2.40. The van der Waals surface area contributed by atoms with Gasteiger partial charge in [-0.25, -0.2) is 18.4 Å². The van der Waals surface area contributed by atoms with Crippen LogP contribution in [0.1, 0.15) is 20.8 Å². The molecule has 18 heavy (non-hydrogen) atoms. The van der Waals surface area contributed by atoms with Crippen LogP contribution in [0.25, 0.3) is 0 Å². The number of aryl methyl sites for hydroxylation is 1. The number of hydrogen-bond donors (Lipinski definition) is 3. The first-order valence-electron chi connectivity index (χ1n) is 5.14. The van der Waals surface area contributed by atoms with Crippen LogP contribution >= 0.6 is 0 Å². The molecular weight excluding hydrogens is 258 g/mol. The van der Waals surface area contributed by atoms with Crippen LogP contribution < -0.4 is 15.8 Å². The van der Waals surface area contributed by atoms with Gasteiger partial charge in [-0.05, 0) is 20.8 Å². The molecule has 8 nitrogen and oxygen atoms in total. The molecule has 2 amide bonds. The Bertz CT molecular complexity index is 555. The molecule has 0 radical (unpaired) electrons. The summed E-state index contributed by atoms with van der Waals surface area (Å²) in [6.45, 7) is 5.39. The maximum absolute atomic E-state index is 11.6. The number of nitrogens with zero attached hydrogens (tertiary/aromatic N) is 2. The highest BCUT2D eigenvalue weighted by Gasteiger charge is 2.21. The van der Waals surface area contributed by atoms with Crippen molar-refractivity contribution in [2.24, 2.45) is 12.2 Å². The second-order valence-corrected chi connectivity index (χ2v) is 6.42. The van der Waals surface area contributed by atoms with Crippen molar-refractivity contribution in [1.29, 1.82) is 0 Å². The zero-order valence-electron chi connectivity index (χ0n) is 10.7. The molecule has 0 fully saturated rings. The summed E-state index contributed by atoms with van der Waals surface area (Å²) in [6.07, 6.45) is 1.22. The molecule has 9 heteroatoms. The first-order valence-corrected chi connectivity index (χ1v) is 6.69. The Morgan fingerprint density at radius 2 is 2.00 bits per heavy atom. The van der Waals surface area contributed by atoms with Crippen molar-refractivity contribution in [2.75, 3.05) is 5.32 Å². The molecule has 0 saturated carbocycles. The van der Waals surface area contributed by atoms with E-state index in [9.17, 15) is 13.2 Å². The second kappa shape index (κ2) is 4.58. The van der Waals surface area contributed by atoms with Crippen LogP contribution in [0, 0.1) is 0 Å². The van der Waals surface area contributed by atoms with E-state index in [1.165, 1.54) is 17.9 Å². The van der Waals surface area contributed by atoms with Crippen LogP contribution in [-0.4, -0.2) is 29.8 Å². The Labute approximate surface area is 106 Å². The van der Waals surface area contributed by atoms with E-state index in [0.29, 0.717) is 0 Å². The lowest BCUT2D eigenvalue weighted by Gasteiger charge is -2.20. The first-order chi connectivity index (χ1) is 7.99. The number of amides is 2. The van der Waals surface area contributed by atoms with Gasteiger partial charge in [0.1, 0.15) is 4.90 Å². The smallest absolute Gasteiger partial charge is 0.320 e. The van der Waals surface area contributed by atoms with Crippen LogP contribution in [0.5, 0.6) is 0 Å². The molecule has 0 bridgehead atoms. The Morgan fingerprint density at radius 3 is 2.44 bits per heavy atom. The fraction of sp³-hybridized carbons (Fsp3) is 0.556. The van der Waals surface area contributed by atoms with Crippen molar-refractivity contribution in [3.63, 3.8) is 0 Å². The molecule has 0 aliphatic carbocycles. The van der Waals surface area contributed by atoms with E-state index in [-0.39, 0.29) is 10.7 Å². The van der Waals surface area contributed by atoms with Crippen LogP contribution in [0.3, 0.4) is 0 Å². The lowest BCUT2D eigenvalue weighted by Crippen LogP contribution is -2.43. The molecule has 4 N–H and O–H groups in total. The van der Waals surface area contributed by atoms with Gasteiger partial charge in [0.05, 0.1) is 0 Å². The lowest BCUT2D eigenvalue weighted by atomic mass is 10.1. The number of rotatable bonds is 2. The number of nitrogens with two attached hydrogens (primary N) is 1. The maximum Gasteiger partial charge on any atom is 0.320 e. The van der Waals surface area contributed by atoms with E-state index in [1.807, 2.05) is 0 Å². The molecular formula is C9H17N5O3S. The largest absolute Gasteiger partial charge is 0.333 e. The highest BCUT2D eigenvalue weighted by molar-refractivity contribution is 7.89. The molecule has 0 saturated heterocycles. The van der Waals surface area contributed by atoms with Gasteiger partial charge < -0.3 is 5.32 Å². The average Bonchev–Trinajstić information content (AvgIpc) is 2.41. The van der Waals surface area contributed by atoms with Crippen molar-refractivity contribution >= 4 is 21.9 Å². The number of anilines is 1. The second-order valence-electron chi connectivity index (χ2n) is 4.89. The summed E-state index contributed by atoms with van der Waals surface area (Å²) in [4.78, 5) is 11.4. The molecule has 0 atom stereocenters. The number of nitrogens with one attached hydrogen (secondary N) is 2. The van der Waals surface area contributed by atoms with Crippen molar-refractivity contribution in [3.8, 4) is 0 Å². The molecule has 102 valence electrons. The lowest BCUT2D eigenvalue weighted by molar-refractivity contribution is 0.243. The average molecular weight is 275 g/mol. The van der Waals surface area contributed by atoms with Gasteiger partial charge in [-0.3, -0.25) is 10.00 Å². The molecule has 0 unspecified atom stereocenters. The number of sulfonamides is 1. The Kier molecular flexibility index (Phi) is 3.67. The standard InChI is InChI=1S/C9H17N5O3S/c1-9(2,3)12-8(15)11-7-6(18(10,16)17)5-14(4)13-7/h5H,1-4H3,(H2,10,16,17)(H2,11,12,13,15). The third-order valence-corrected chi connectivity index (χ3v) is 2.73. The molecule has 1 heterocycles. The molecule has 0 aliphatic heterocycles. The molecule has 1 aromatic rings. The first kappa shape index (κ1) is 14.5. The van der Waals surface area contributed by atoms with E-state index < -0.39 is 21.6 Å². The van der Waals surface area contributed by atoms with E-state index in [2.05, 4.69) is 15.7 Å². The van der Waals surface area contributed by atoms with Crippen LogP contribution in [-0.2, 0) is 17.1 Å². The van der Waals surface area contributed by atoms with Gasteiger partial charge >= 0.3 is 6.03 Å². The minimum Gasteiger partial charge on any atom is -0.333 e. The maximum atomic E-state index is 11.6. The number of aromatic nitrogens is 2. The zero-order chi connectivity index (χ0) is 14.1. The van der Waals surface area contributed by atoms with E-state index in [0.717, 1.165) is 0 Å². The van der Waals surface area contributed by atoms with E-state index in [4.69, 9.17) is 5.14 Å². The summed E-state index contributed by atoms with van der Waals surface area (Å²) in [5.74, 6) is -0.0956. The number of primary sulfonamides is 1. The SMILES string of the molecule is Cn1cc(S(N)(=O)=O)c(NC(=O)NC(C)(C)C)n1. The van der Waals surface area contributed by atoms with Crippen molar-refractivity contribution in [1.82, 2.24) is 15.1 Å². The van der Waals surface area contributed by atoms with Crippen LogP contribution in [0.4, 0.5) is 10.6 Å². The van der Waals surface area contributed by atoms with Gasteiger partial charge in [-0.15, -0.1) is 0 Å². The third-order valence-electron chi connectivity index (χ3n) is 1.82. The molecule has 0 spiro atoms. The molecule has 0 aliphatic rings. The Morgan fingerprint density at radius 1 is 1.44 bits per heavy atom. The highest BCUT2D eigenvalue weighted by Crippen LogP contribution is 2.17. The monoisotopic (exact) mass is 275 g/mol. The van der Waals surface area contributed by atoms with Gasteiger partial charge in [-0.1, -0.05) is 0 Å². The molecule has 1 rings (SSSR count). The predicted octanol–water partition coefficient (Wildman–Crippen LogP) is -0.0125. The van der Waals surface area contributed by atoms with Gasteiger partial charge in [0, 0.05) is 18.8 Å². The van der Waals surface area contributed by atoms with Crippen molar-refractivity contribution in [2.45, 2.75) is 31.2 Å². The fourth-order valence-electron chi connectivity index (χ4n) is 1.24. The fourth-order valence-corrected chi connectivity index (χ4v) is 1.90. The van der Waals surface area contributed by atoms with Crippen molar-refractivity contribution in [3.05, 3.63) is 6.20 Å². The quantitative estimate of drug-likeness (QED) is 0.703. The van der Waals surface area contributed by atoms with Gasteiger partial charge in [0.2, 0.25) is 10.0 Å². The minimum absolute atomic E-state index is 0.0956. The van der Waals surface area contributed by atoms with Gasteiger partial charge in [0.15, 0.2) is 5.82 Å². The van der Waals surface area contributed by atoms with Gasteiger partial charge in [0.25, 0.3) is 0 Å². The normalized spacial score (nSPS) is 12.3. The summed E-state index contributed by atoms with van der Waals surface area (Å²) >= 11 is 0. The molecule has 0 aromatic carbocycles. The highest BCUT2D eigenvalue weighted by atomic mass is 32.2. The summed E-state index contributed by atoms with van der Waals surface area (Å²) in [5, 5.41) is 13.8. The summed E-state index contributed by atoms with van der Waals surface area (Å²) < 4.78 is 23.8. The zero-order valence-corrected chi connectivity index (χ0v) is 11.5. The predicted molar refractivity (Wildman–Crippen MR) is 66.5 cm³/mol. The number of hydrogen-bond acceptors (Lipinski definition) is 4. The number of carbonyl (C=O) groups is 1. The molecule has 1 aromatic heterocycles. The van der Waals surface area contributed by atoms with E-state index >= 15 is 0 Å². The summed E-state index contributed by atoms with van der Waals surface area (Å²) in [5.41, 5.74) is -0.444. The van der Waals surface area contributed by atoms with Crippen molar-refractivity contribution < 1.29 is 13.2 Å². The Balaban J connectivity index is 2.96. The minimum atomic E-state index is -3.93. The third kappa shape index (κ3) is 4.00. The van der Waals surface area contributed by atoms with E-state index in [1.54, 1.807) is 20.8 Å².